The summed E-state index contributed by atoms with van der Waals surface area (Å²) in [5, 5.41) is 8.45. The first-order chi connectivity index (χ1) is 6.31. The van der Waals surface area contributed by atoms with Gasteiger partial charge in [0.2, 0.25) is 5.96 Å². The van der Waals surface area contributed by atoms with Gasteiger partial charge >= 0.3 is 0 Å². The summed E-state index contributed by atoms with van der Waals surface area (Å²) in [5.74, 6) is 2.66. The number of nitrogens with two attached hydrogens (primary N) is 1. The number of hydroxylamine groups is 1. The summed E-state index contributed by atoms with van der Waals surface area (Å²) in [5.41, 5.74) is 7.22. The zero-order chi connectivity index (χ0) is 9.26. The van der Waals surface area contributed by atoms with Crippen molar-refractivity contribution in [2.75, 3.05) is 6.54 Å². The summed E-state index contributed by atoms with van der Waals surface area (Å²) >= 11 is 0. The maximum atomic E-state index is 8.45. The highest BCUT2D eigenvalue weighted by atomic mass is 16.5. The molecule has 4 heteroatoms. The van der Waals surface area contributed by atoms with E-state index in [2.05, 4.69) is 4.99 Å². The van der Waals surface area contributed by atoms with E-state index in [4.69, 9.17) is 10.9 Å². The zero-order valence-corrected chi connectivity index (χ0v) is 7.74. The van der Waals surface area contributed by atoms with Crippen LogP contribution in [0.5, 0.6) is 0 Å². The van der Waals surface area contributed by atoms with Crippen LogP contribution in [-0.4, -0.2) is 17.7 Å². The molecule has 74 valence electrons. The second-order valence-electron chi connectivity index (χ2n) is 4.18. The van der Waals surface area contributed by atoms with E-state index in [1.807, 2.05) is 5.48 Å². The highest BCUT2D eigenvalue weighted by molar-refractivity contribution is 5.76. The van der Waals surface area contributed by atoms with Gasteiger partial charge in [0.1, 0.15) is 0 Å². The Bertz CT molecular complexity index is 197. The van der Waals surface area contributed by atoms with Crippen molar-refractivity contribution in [3.8, 4) is 0 Å². The molecule has 0 atom stereocenters. The summed E-state index contributed by atoms with van der Waals surface area (Å²) in [6.45, 7) is 0.786. The highest BCUT2D eigenvalue weighted by Gasteiger charge is 2.40. The molecule has 0 aromatic heterocycles. The molecule has 0 aromatic carbocycles. The molecule has 2 aliphatic rings. The Morgan fingerprint density at radius 2 is 1.92 bits per heavy atom. The Labute approximate surface area is 78.2 Å². The molecule has 0 spiro atoms. The monoisotopic (exact) mass is 183 g/mol. The molecule has 0 radical (unpaired) electrons. The van der Waals surface area contributed by atoms with Gasteiger partial charge < -0.3 is 5.73 Å². The molecule has 4 N–H and O–H groups in total. The van der Waals surface area contributed by atoms with E-state index >= 15 is 0 Å². The number of guanidine groups is 1. The molecule has 0 saturated heterocycles. The van der Waals surface area contributed by atoms with Gasteiger partial charge in [0.05, 0.1) is 0 Å². The lowest BCUT2D eigenvalue weighted by molar-refractivity contribution is 0.232. The smallest absolute Gasteiger partial charge is 0.212 e. The van der Waals surface area contributed by atoms with Gasteiger partial charge in [-0.25, -0.2) is 5.48 Å². The highest BCUT2D eigenvalue weighted by Crippen LogP contribution is 2.49. The Hall–Kier alpha value is -0.770. The predicted octanol–water partition coefficient (Wildman–Crippen LogP) is 0.716. The Balaban J connectivity index is 1.82. The van der Waals surface area contributed by atoms with E-state index in [9.17, 15) is 0 Å². The third kappa shape index (κ3) is 2.34. The predicted molar refractivity (Wildman–Crippen MR) is 50.3 cm³/mol. The van der Waals surface area contributed by atoms with E-state index in [-0.39, 0.29) is 5.96 Å². The molecule has 0 aliphatic heterocycles. The quantitative estimate of drug-likeness (QED) is 0.341. The maximum Gasteiger partial charge on any atom is 0.212 e. The first-order valence-corrected chi connectivity index (χ1v) is 5.01. The first-order valence-electron chi connectivity index (χ1n) is 5.01. The first kappa shape index (κ1) is 8.81. The van der Waals surface area contributed by atoms with Gasteiger partial charge in [-0.3, -0.25) is 10.2 Å². The molecule has 0 unspecified atom stereocenters. The number of rotatable bonds is 4. The lowest BCUT2D eigenvalue weighted by Crippen LogP contribution is -2.29. The number of hydrogen-bond donors (Lipinski definition) is 3. The van der Waals surface area contributed by atoms with Crippen LogP contribution in [0.3, 0.4) is 0 Å². The third-order valence-electron chi connectivity index (χ3n) is 3.04. The Kier molecular flexibility index (Phi) is 2.40. The van der Waals surface area contributed by atoms with Gasteiger partial charge in [0, 0.05) is 6.54 Å². The lowest BCUT2D eigenvalue weighted by Gasteiger charge is -2.11. The standard InChI is InChI=1S/C9H17N3O/c10-9(12-13)11-5-8(6-1-2-6)7-3-4-7/h6-8,13H,1-5H2,(H3,10,11,12). The second kappa shape index (κ2) is 3.54. The summed E-state index contributed by atoms with van der Waals surface area (Å²) in [7, 11) is 0. The van der Waals surface area contributed by atoms with Gasteiger partial charge in [0.15, 0.2) is 0 Å². The van der Waals surface area contributed by atoms with Crippen molar-refractivity contribution in [3.05, 3.63) is 0 Å². The fourth-order valence-electron chi connectivity index (χ4n) is 1.97. The van der Waals surface area contributed by atoms with E-state index in [0.717, 1.165) is 24.3 Å². The van der Waals surface area contributed by atoms with Crippen LogP contribution in [0.1, 0.15) is 25.7 Å². The fraction of sp³-hybridized carbons (Fsp3) is 0.889. The van der Waals surface area contributed by atoms with Crippen molar-refractivity contribution in [2.24, 2.45) is 28.5 Å². The van der Waals surface area contributed by atoms with Gasteiger partial charge in [-0.1, -0.05) is 0 Å². The van der Waals surface area contributed by atoms with Crippen LogP contribution < -0.4 is 11.2 Å². The zero-order valence-electron chi connectivity index (χ0n) is 7.74. The van der Waals surface area contributed by atoms with Crippen LogP contribution in [0.15, 0.2) is 4.99 Å². The molecule has 0 aromatic rings. The average molecular weight is 183 g/mol. The van der Waals surface area contributed by atoms with Gasteiger partial charge in [0.25, 0.3) is 0 Å². The van der Waals surface area contributed by atoms with Crippen LogP contribution in [0.25, 0.3) is 0 Å². The Morgan fingerprint density at radius 3 is 2.31 bits per heavy atom. The van der Waals surface area contributed by atoms with Crippen LogP contribution in [-0.2, 0) is 0 Å². The van der Waals surface area contributed by atoms with Crippen LogP contribution >= 0.6 is 0 Å². The van der Waals surface area contributed by atoms with Crippen molar-refractivity contribution < 1.29 is 5.21 Å². The van der Waals surface area contributed by atoms with Crippen molar-refractivity contribution >= 4 is 5.96 Å². The molecule has 2 aliphatic carbocycles. The van der Waals surface area contributed by atoms with Crippen LogP contribution in [0.4, 0.5) is 0 Å². The van der Waals surface area contributed by atoms with E-state index < -0.39 is 0 Å². The normalized spacial score (nSPS) is 23.7. The molecule has 0 heterocycles. The van der Waals surface area contributed by atoms with Gasteiger partial charge in [-0.15, -0.1) is 0 Å². The number of aliphatic imine (C=N–C) groups is 1. The van der Waals surface area contributed by atoms with E-state index in [1.54, 1.807) is 0 Å². The van der Waals surface area contributed by atoms with Crippen molar-refractivity contribution in [2.45, 2.75) is 25.7 Å². The molecule has 4 nitrogen and oxygen atoms in total. The molecule has 2 fully saturated rings. The lowest BCUT2D eigenvalue weighted by atomic mass is 9.98. The molecule has 2 saturated carbocycles. The van der Waals surface area contributed by atoms with Crippen molar-refractivity contribution in [3.63, 3.8) is 0 Å². The minimum Gasteiger partial charge on any atom is -0.368 e. The summed E-state index contributed by atoms with van der Waals surface area (Å²) in [6, 6.07) is 0. The second-order valence-corrected chi connectivity index (χ2v) is 4.18. The Morgan fingerprint density at radius 1 is 1.38 bits per heavy atom. The van der Waals surface area contributed by atoms with Crippen LogP contribution in [0, 0.1) is 17.8 Å². The minimum absolute atomic E-state index is 0.145. The van der Waals surface area contributed by atoms with Crippen molar-refractivity contribution in [1.29, 1.82) is 0 Å². The van der Waals surface area contributed by atoms with Crippen molar-refractivity contribution in [1.82, 2.24) is 5.48 Å². The number of hydrogen-bond acceptors (Lipinski definition) is 2. The average Bonchev–Trinajstić information content (AvgIpc) is 2.98. The number of nitrogens with one attached hydrogen (secondary N) is 1. The molecule has 0 bridgehead atoms. The molecule has 13 heavy (non-hydrogen) atoms. The maximum absolute atomic E-state index is 8.45. The topological polar surface area (TPSA) is 70.6 Å². The molecular weight excluding hydrogens is 166 g/mol. The minimum atomic E-state index is 0.145. The molecule has 2 rings (SSSR count). The third-order valence-corrected chi connectivity index (χ3v) is 3.04. The van der Waals surface area contributed by atoms with Gasteiger partial charge in [-0.05, 0) is 43.4 Å². The summed E-state index contributed by atoms with van der Waals surface area (Å²) in [4.78, 5) is 4.10. The molecule has 0 amide bonds. The largest absolute Gasteiger partial charge is 0.368 e. The van der Waals surface area contributed by atoms with E-state index in [0.29, 0.717) is 0 Å². The molecular formula is C9H17N3O. The summed E-state index contributed by atoms with van der Waals surface area (Å²) in [6.07, 6.45) is 5.46. The fourth-order valence-corrected chi connectivity index (χ4v) is 1.97. The van der Waals surface area contributed by atoms with Crippen LogP contribution in [0.2, 0.25) is 0 Å². The van der Waals surface area contributed by atoms with Gasteiger partial charge in [-0.2, -0.15) is 0 Å². The number of nitrogens with zero attached hydrogens (tertiary/aromatic N) is 1. The summed E-state index contributed by atoms with van der Waals surface area (Å²) < 4.78 is 0. The van der Waals surface area contributed by atoms with E-state index in [1.165, 1.54) is 25.7 Å². The SMILES string of the molecule is NC(=NCC(C1CC1)C1CC1)NO.